The largest absolute Gasteiger partial charge is 0.453 e. The van der Waals surface area contributed by atoms with E-state index in [0.29, 0.717) is 20.8 Å². The van der Waals surface area contributed by atoms with Gasteiger partial charge in [-0.1, -0.05) is 11.6 Å². The number of aryl methyl sites for hydroxylation is 1. The van der Waals surface area contributed by atoms with Crippen LogP contribution < -0.4 is 4.74 Å². The van der Waals surface area contributed by atoms with Gasteiger partial charge in [-0.2, -0.15) is 5.10 Å². The lowest BCUT2D eigenvalue weighted by molar-refractivity contribution is -0.384. The van der Waals surface area contributed by atoms with E-state index in [0.717, 1.165) is 0 Å². The van der Waals surface area contributed by atoms with Crippen molar-refractivity contribution in [2.45, 2.75) is 6.92 Å². The first-order valence-corrected chi connectivity index (χ1v) is 6.26. The van der Waals surface area contributed by atoms with Crippen molar-refractivity contribution in [2.75, 3.05) is 0 Å². The number of rotatable bonds is 3. The van der Waals surface area contributed by atoms with Gasteiger partial charge in [0.1, 0.15) is 10.8 Å². The molecule has 0 saturated carbocycles. The molecule has 0 bridgehead atoms. The summed E-state index contributed by atoms with van der Waals surface area (Å²) in [6.45, 7) is 1.71. The summed E-state index contributed by atoms with van der Waals surface area (Å²) in [5.41, 5.74) is 0.492. The summed E-state index contributed by atoms with van der Waals surface area (Å²) in [4.78, 5) is 10.2. The van der Waals surface area contributed by atoms with Crippen LogP contribution in [0, 0.1) is 20.7 Å². The smallest absolute Gasteiger partial charge is 0.288 e. The van der Waals surface area contributed by atoms with Crippen LogP contribution in [0.4, 0.5) is 5.69 Å². The highest BCUT2D eigenvalue weighted by molar-refractivity contribution is 14.1. The Morgan fingerprint density at radius 1 is 1.50 bits per heavy atom. The van der Waals surface area contributed by atoms with E-state index in [2.05, 4.69) is 10.2 Å². The highest BCUT2D eigenvalue weighted by atomic mass is 127. The Labute approximate surface area is 121 Å². The zero-order valence-electron chi connectivity index (χ0n) is 9.11. The van der Waals surface area contributed by atoms with Crippen molar-refractivity contribution >= 4 is 39.9 Å². The van der Waals surface area contributed by atoms with Crippen molar-refractivity contribution in [3.63, 3.8) is 0 Å². The summed E-state index contributed by atoms with van der Waals surface area (Å²) in [5, 5.41) is 17.3. The normalized spacial score (nSPS) is 10.4. The van der Waals surface area contributed by atoms with E-state index in [-0.39, 0.29) is 10.7 Å². The minimum atomic E-state index is -0.527. The first-order valence-electron chi connectivity index (χ1n) is 4.80. The molecule has 1 heterocycles. The molecule has 8 heteroatoms. The topological polar surface area (TPSA) is 81.0 Å². The van der Waals surface area contributed by atoms with Gasteiger partial charge in [-0.3, -0.25) is 15.2 Å². The molecule has 1 aromatic heterocycles. The minimum Gasteiger partial charge on any atom is -0.453 e. The van der Waals surface area contributed by atoms with E-state index >= 15 is 0 Å². The maximum Gasteiger partial charge on any atom is 0.288 e. The quantitative estimate of drug-likeness (QED) is 0.501. The van der Waals surface area contributed by atoms with E-state index in [1.165, 1.54) is 12.1 Å². The molecule has 1 aromatic carbocycles. The van der Waals surface area contributed by atoms with E-state index in [9.17, 15) is 10.1 Å². The van der Waals surface area contributed by atoms with Gasteiger partial charge in [-0.25, -0.2) is 0 Å². The fourth-order valence-electron chi connectivity index (χ4n) is 1.35. The number of hydrogen-bond donors (Lipinski definition) is 1. The summed E-state index contributed by atoms with van der Waals surface area (Å²) >= 11 is 7.84. The fraction of sp³-hybridized carbons (Fsp3) is 0.100. The molecule has 0 amide bonds. The van der Waals surface area contributed by atoms with Crippen molar-refractivity contribution in [3.05, 3.63) is 42.7 Å². The number of hydrogen-bond acceptors (Lipinski definition) is 4. The van der Waals surface area contributed by atoms with Gasteiger partial charge in [-0.15, -0.1) is 0 Å². The van der Waals surface area contributed by atoms with Gasteiger partial charge < -0.3 is 4.74 Å². The number of nitro groups is 1. The molecule has 0 aliphatic rings. The first kappa shape index (κ1) is 13.1. The molecule has 0 aliphatic heterocycles. The molecule has 6 nitrogen and oxygen atoms in total. The third-order valence-corrected chi connectivity index (χ3v) is 3.30. The van der Waals surface area contributed by atoms with Crippen LogP contribution in [0.15, 0.2) is 18.3 Å². The number of halogens is 2. The molecule has 2 rings (SSSR count). The zero-order valence-corrected chi connectivity index (χ0v) is 12.0. The molecule has 0 fully saturated rings. The number of nitro benzene ring substituents is 1. The molecule has 1 N–H and O–H groups in total. The van der Waals surface area contributed by atoms with Crippen molar-refractivity contribution in [1.82, 2.24) is 10.2 Å². The van der Waals surface area contributed by atoms with E-state index < -0.39 is 4.92 Å². The van der Waals surface area contributed by atoms with Gasteiger partial charge >= 0.3 is 0 Å². The van der Waals surface area contributed by atoms with Crippen LogP contribution in [0.5, 0.6) is 11.5 Å². The van der Waals surface area contributed by atoms with Crippen LogP contribution in [-0.4, -0.2) is 15.1 Å². The summed E-state index contributed by atoms with van der Waals surface area (Å²) in [6, 6.07) is 2.81. The standard InChI is InChI=1S/C10H7ClIN3O3/c1-5-2-7(15(16)17)6(11)3-8(5)18-9-4-13-14-10(9)12/h2-4H,1H3,(H,13,14). The first-order chi connectivity index (χ1) is 8.49. The number of nitrogens with one attached hydrogen (secondary N) is 1. The van der Waals surface area contributed by atoms with Crippen LogP contribution in [0.1, 0.15) is 5.56 Å². The van der Waals surface area contributed by atoms with Gasteiger partial charge in [0.15, 0.2) is 9.45 Å². The minimum absolute atomic E-state index is 0.0408. The molecular weight excluding hydrogens is 372 g/mol. The van der Waals surface area contributed by atoms with Crippen LogP contribution in [0.25, 0.3) is 0 Å². The Balaban J connectivity index is 2.38. The zero-order chi connectivity index (χ0) is 13.3. The summed E-state index contributed by atoms with van der Waals surface area (Å²) in [6.07, 6.45) is 1.59. The van der Waals surface area contributed by atoms with Crippen LogP contribution in [-0.2, 0) is 0 Å². The number of H-pyrrole nitrogens is 1. The maximum absolute atomic E-state index is 10.7. The second-order valence-corrected chi connectivity index (χ2v) is 4.90. The molecule has 0 aliphatic carbocycles. The SMILES string of the molecule is Cc1cc([N+](=O)[O-])c(Cl)cc1Oc1c[nH]nc1I. The van der Waals surface area contributed by atoms with Crippen molar-refractivity contribution < 1.29 is 9.66 Å². The highest BCUT2D eigenvalue weighted by Gasteiger charge is 2.17. The molecule has 2 aromatic rings. The summed E-state index contributed by atoms with van der Waals surface area (Å²) < 4.78 is 6.26. The number of aromatic nitrogens is 2. The number of aromatic amines is 1. The number of ether oxygens (including phenoxy) is 1. The lowest BCUT2D eigenvalue weighted by Gasteiger charge is -2.07. The summed E-state index contributed by atoms with van der Waals surface area (Å²) in [7, 11) is 0. The van der Waals surface area contributed by atoms with Crippen LogP contribution >= 0.6 is 34.2 Å². The van der Waals surface area contributed by atoms with Gasteiger partial charge in [0.2, 0.25) is 0 Å². The molecule has 0 saturated heterocycles. The Hall–Kier alpha value is -1.35. The van der Waals surface area contributed by atoms with Gasteiger partial charge in [-0.05, 0) is 35.1 Å². The Morgan fingerprint density at radius 3 is 2.78 bits per heavy atom. The Morgan fingerprint density at radius 2 is 2.22 bits per heavy atom. The number of nitrogens with zero attached hydrogens (tertiary/aromatic N) is 2. The van der Waals surface area contributed by atoms with Crippen LogP contribution in [0.2, 0.25) is 5.02 Å². The van der Waals surface area contributed by atoms with Gasteiger partial charge in [0.05, 0.1) is 11.1 Å². The Kier molecular flexibility index (Phi) is 3.71. The number of benzene rings is 1. The lowest BCUT2D eigenvalue weighted by Crippen LogP contribution is -1.93. The van der Waals surface area contributed by atoms with Crippen LogP contribution in [0.3, 0.4) is 0 Å². The molecule has 18 heavy (non-hydrogen) atoms. The molecule has 94 valence electrons. The average Bonchev–Trinajstić information content (AvgIpc) is 2.69. The highest BCUT2D eigenvalue weighted by Crippen LogP contribution is 2.35. The second kappa shape index (κ2) is 5.11. The third-order valence-electron chi connectivity index (χ3n) is 2.22. The monoisotopic (exact) mass is 379 g/mol. The predicted octanol–water partition coefficient (Wildman–Crippen LogP) is 3.68. The van der Waals surface area contributed by atoms with Crippen molar-refractivity contribution in [2.24, 2.45) is 0 Å². The third kappa shape index (κ3) is 2.56. The summed E-state index contributed by atoms with van der Waals surface area (Å²) in [5.74, 6) is 1.01. The average molecular weight is 380 g/mol. The molecular formula is C10H7ClIN3O3. The molecule has 0 atom stereocenters. The molecule has 0 spiro atoms. The van der Waals surface area contributed by atoms with E-state index in [1.807, 2.05) is 22.6 Å². The molecule has 0 radical (unpaired) electrons. The van der Waals surface area contributed by atoms with E-state index in [4.69, 9.17) is 16.3 Å². The van der Waals surface area contributed by atoms with Crippen molar-refractivity contribution in [3.8, 4) is 11.5 Å². The fourth-order valence-corrected chi connectivity index (χ4v) is 1.98. The van der Waals surface area contributed by atoms with Gasteiger partial charge in [0.25, 0.3) is 5.69 Å². The second-order valence-electron chi connectivity index (χ2n) is 3.47. The lowest BCUT2D eigenvalue weighted by atomic mass is 10.2. The van der Waals surface area contributed by atoms with E-state index in [1.54, 1.807) is 13.1 Å². The Bertz CT molecular complexity index is 614. The van der Waals surface area contributed by atoms with Gasteiger partial charge in [0, 0.05) is 12.1 Å². The maximum atomic E-state index is 10.7. The van der Waals surface area contributed by atoms with Crippen molar-refractivity contribution in [1.29, 1.82) is 0 Å². The predicted molar refractivity (Wildman–Crippen MR) is 74.2 cm³/mol. The molecule has 0 unspecified atom stereocenters.